The van der Waals surface area contributed by atoms with Crippen molar-refractivity contribution in [3.8, 4) is 0 Å². The Balaban J connectivity index is 1.38. The van der Waals surface area contributed by atoms with Gasteiger partial charge in [-0.25, -0.2) is 4.79 Å². The van der Waals surface area contributed by atoms with Crippen molar-refractivity contribution in [1.82, 2.24) is 29.3 Å². The highest BCUT2D eigenvalue weighted by molar-refractivity contribution is 8.01. The first-order chi connectivity index (χ1) is 17.4. The van der Waals surface area contributed by atoms with Crippen LogP contribution in [-0.2, 0) is 20.0 Å². The van der Waals surface area contributed by atoms with E-state index >= 15 is 0 Å². The molecule has 3 aromatic heterocycles. The lowest BCUT2D eigenvalue weighted by Gasteiger charge is -2.33. The number of aryl methyl sites for hydroxylation is 2. The van der Waals surface area contributed by atoms with Gasteiger partial charge in [-0.05, 0) is 43.6 Å². The number of hydrogen-bond donors (Lipinski definition) is 1. The van der Waals surface area contributed by atoms with Crippen LogP contribution in [0.4, 0.5) is 5.95 Å². The molecular weight excluding hydrogens is 494 g/mol. The molecule has 4 heterocycles. The molecule has 0 spiro atoms. The number of H-pyrrole nitrogens is 1. The second-order valence-electron chi connectivity index (χ2n) is 9.64. The van der Waals surface area contributed by atoms with Gasteiger partial charge in [-0.15, -0.1) is 10.2 Å². The van der Waals surface area contributed by atoms with Gasteiger partial charge in [0.1, 0.15) is 5.01 Å². The van der Waals surface area contributed by atoms with Gasteiger partial charge in [0.05, 0.1) is 0 Å². The Morgan fingerprint density at radius 2 is 1.92 bits per heavy atom. The van der Waals surface area contributed by atoms with Crippen LogP contribution in [0.3, 0.4) is 0 Å². The highest BCUT2D eigenvalue weighted by Crippen LogP contribution is 2.29. The standard InChI is InChI=1S/C25H31N7O2S2/c1-16(15-35-25-29-28-17(2)36-25)14-32-20-21(30(3)24(34)27-22(20)33)26-23(32)31-11-9-19(10-12-31)13-18-7-5-4-6-8-18/h4-8,16,19H,9-15H2,1-3H3,(H,27,33,34). The third-order valence-corrected chi connectivity index (χ3v) is 9.05. The molecule has 0 aliphatic carbocycles. The second-order valence-corrected chi connectivity index (χ2v) is 12.1. The summed E-state index contributed by atoms with van der Waals surface area (Å²) in [6.45, 7) is 6.50. The molecule has 0 saturated carbocycles. The zero-order valence-corrected chi connectivity index (χ0v) is 22.4. The predicted molar refractivity (Wildman–Crippen MR) is 145 cm³/mol. The van der Waals surface area contributed by atoms with Crippen LogP contribution in [0.15, 0.2) is 44.3 Å². The number of nitrogens with zero attached hydrogens (tertiary/aromatic N) is 6. The zero-order chi connectivity index (χ0) is 25.2. The number of anilines is 1. The van der Waals surface area contributed by atoms with Crippen LogP contribution in [0, 0.1) is 18.8 Å². The summed E-state index contributed by atoms with van der Waals surface area (Å²) in [5.41, 5.74) is 1.44. The van der Waals surface area contributed by atoms with Crippen molar-refractivity contribution < 1.29 is 0 Å². The first-order valence-corrected chi connectivity index (χ1v) is 14.1. The zero-order valence-electron chi connectivity index (χ0n) is 20.8. The monoisotopic (exact) mass is 525 g/mol. The van der Waals surface area contributed by atoms with Crippen molar-refractivity contribution in [2.45, 2.75) is 44.0 Å². The van der Waals surface area contributed by atoms with Crippen LogP contribution in [0.5, 0.6) is 0 Å². The molecule has 1 fully saturated rings. The molecule has 1 N–H and O–H groups in total. The fourth-order valence-corrected chi connectivity index (χ4v) is 6.69. The molecule has 1 aliphatic heterocycles. The number of fused-ring (bicyclic) bond motifs is 1. The summed E-state index contributed by atoms with van der Waals surface area (Å²) in [7, 11) is 1.66. The molecule has 1 aromatic carbocycles. The predicted octanol–water partition coefficient (Wildman–Crippen LogP) is 3.47. The van der Waals surface area contributed by atoms with E-state index in [4.69, 9.17) is 4.98 Å². The number of imidazole rings is 1. The first-order valence-electron chi connectivity index (χ1n) is 12.3. The van der Waals surface area contributed by atoms with Gasteiger partial charge in [-0.3, -0.25) is 14.3 Å². The number of aromatic amines is 1. The van der Waals surface area contributed by atoms with Crippen molar-refractivity contribution in [1.29, 1.82) is 0 Å². The average Bonchev–Trinajstić information content (AvgIpc) is 3.46. The summed E-state index contributed by atoms with van der Waals surface area (Å²) in [6.07, 6.45) is 3.21. The summed E-state index contributed by atoms with van der Waals surface area (Å²) in [5.74, 6) is 2.50. The summed E-state index contributed by atoms with van der Waals surface area (Å²) in [4.78, 5) is 34.8. The Bertz CT molecular complexity index is 1450. The van der Waals surface area contributed by atoms with Crippen molar-refractivity contribution >= 4 is 40.2 Å². The maximum absolute atomic E-state index is 12.9. The maximum Gasteiger partial charge on any atom is 0.329 e. The molecule has 1 aliphatic rings. The molecule has 190 valence electrons. The number of nitrogens with one attached hydrogen (secondary N) is 1. The van der Waals surface area contributed by atoms with Crippen LogP contribution in [-0.4, -0.2) is 48.1 Å². The minimum Gasteiger partial charge on any atom is -0.342 e. The number of piperidine rings is 1. The van der Waals surface area contributed by atoms with E-state index in [-0.39, 0.29) is 11.5 Å². The van der Waals surface area contributed by atoms with E-state index < -0.39 is 5.69 Å². The molecule has 5 rings (SSSR count). The minimum atomic E-state index is -0.444. The molecule has 4 aromatic rings. The topological polar surface area (TPSA) is 102 Å². The van der Waals surface area contributed by atoms with Gasteiger partial charge in [0, 0.05) is 32.4 Å². The van der Waals surface area contributed by atoms with Crippen molar-refractivity contribution in [3.63, 3.8) is 0 Å². The van der Waals surface area contributed by atoms with Gasteiger partial charge >= 0.3 is 5.69 Å². The largest absolute Gasteiger partial charge is 0.342 e. The Morgan fingerprint density at radius 1 is 1.17 bits per heavy atom. The van der Waals surface area contributed by atoms with E-state index in [9.17, 15) is 9.59 Å². The molecule has 0 amide bonds. The van der Waals surface area contributed by atoms with Crippen LogP contribution < -0.4 is 16.1 Å². The highest BCUT2D eigenvalue weighted by Gasteiger charge is 2.26. The molecule has 11 heteroatoms. The molecular formula is C25H31N7O2S2. The number of hydrogen-bond acceptors (Lipinski definition) is 8. The van der Waals surface area contributed by atoms with Crippen LogP contribution >= 0.6 is 23.1 Å². The van der Waals surface area contributed by atoms with Crippen molar-refractivity contribution in [2.24, 2.45) is 18.9 Å². The SMILES string of the molecule is Cc1nnc(SCC(C)Cn2c(N3CCC(Cc4ccccc4)CC3)nc3c2c(=O)[nH]c(=O)n3C)s1. The quantitative estimate of drug-likeness (QED) is 0.352. The average molecular weight is 526 g/mol. The van der Waals surface area contributed by atoms with Crippen molar-refractivity contribution in [2.75, 3.05) is 23.7 Å². The van der Waals surface area contributed by atoms with Crippen LogP contribution in [0.1, 0.15) is 30.3 Å². The Kier molecular flexibility index (Phi) is 7.29. The van der Waals surface area contributed by atoms with Crippen molar-refractivity contribution in [3.05, 3.63) is 61.7 Å². The van der Waals surface area contributed by atoms with E-state index in [1.54, 1.807) is 30.1 Å². The van der Waals surface area contributed by atoms with E-state index in [0.717, 1.165) is 53.4 Å². The van der Waals surface area contributed by atoms with E-state index in [1.165, 1.54) is 10.1 Å². The third-order valence-electron chi connectivity index (χ3n) is 6.74. The van der Waals surface area contributed by atoms with Crippen LogP contribution in [0.2, 0.25) is 0 Å². The molecule has 0 bridgehead atoms. The lowest BCUT2D eigenvalue weighted by Crippen LogP contribution is -2.36. The number of aromatic nitrogens is 6. The Hall–Kier alpha value is -2.92. The highest BCUT2D eigenvalue weighted by atomic mass is 32.2. The summed E-state index contributed by atoms with van der Waals surface area (Å²) in [6, 6.07) is 10.6. The van der Waals surface area contributed by atoms with Gasteiger partial charge in [-0.1, -0.05) is 60.4 Å². The number of thioether (sulfide) groups is 1. The second kappa shape index (κ2) is 10.6. The Morgan fingerprint density at radius 3 is 2.61 bits per heavy atom. The van der Waals surface area contributed by atoms with E-state index in [1.807, 2.05) is 11.5 Å². The molecule has 1 unspecified atom stereocenters. The molecule has 9 nitrogen and oxygen atoms in total. The maximum atomic E-state index is 12.9. The lowest BCUT2D eigenvalue weighted by atomic mass is 9.90. The summed E-state index contributed by atoms with van der Waals surface area (Å²) in [5, 5.41) is 9.26. The van der Waals surface area contributed by atoms with Gasteiger partial charge in [0.15, 0.2) is 15.5 Å². The smallest absolute Gasteiger partial charge is 0.329 e. The first kappa shape index (κ1) is 24.8. The molecule has 36 heavy (non-hydrogen) atoms. The van der Waals surface area contributed by atoms with Gasteiger partial charge in [0.25, 0.3) is 5.56 Å². The summed E-state index contributed by atoms with van der Waals surface area (Å²) < 4.78 is 4.40. The minimum absolute atomic E-state index is 0.252. The molecule has 1 saturated heterocycles. The fourth-order valence-electron chi connectivity index (χ4n) is 4.84. The Labute approximate surface area is 217 Å². The van der Waals surface area contributed by atoms with Crippen LogP contribution in [0.25, 0.3) is 11.2 Å². The fraction of sp³-hybridized carbons (Fsp3) is 0.480. The molecule has 1 atom stereocenters. The third kappa shape index (κ3) is 5.27. The van der Waals surface area contributed by atoms with E-state index in [0.29, 0.717) is 23.6 Å². The number of benzene rings is 1. The normalized spacial score (nSPS) is 15.6. The van der Waals surface area contributed by atoms with Gasteiger partial charge in [-0.2, -0.15) is 4.98 Å². The lowest BCUT2D eigenvalue weighted by molar-refractivity contribution is 0.396. The molecule has 0 radical (unpaired) electrons. The summed E-state index contributed by atoms with van der Waals surface area (Å²) >= 11 is 3.28. The van der Waals surface area contributed by atoms with E-state index in [2.05, 4.69) is 57.3 Å². The van der Waals surface area contributed by atoms with Gasteiger partial charge < -0.3 is 9.47 Å². The number of rotatable bonds is 8. The van der Waals surface area contributed by atoms with Gasteiger partial charge in [0.2, 0.25) is 5.95 Å².